The lowest BCUT2D eigenvalue weighted by Gasteiger charge is -2.46. The Bertz CT molecular complexity index is 403. The maximum atomic E-state index is 8.36. The highest BCUT2D eigenvalue weighted by atomic mass is 16.7. The molecule has 24 heavy (non-hydrogen) atoms. The van der Waals surface area contributed by atoms with Crippen molar-refractivity contribution in [1.29, 1.82) is 0 Å². The number of azide groups is 1. The van der Waals surface area contributed by atoms with E-state index in [1.54, 1.807) is 0 Å². The zero-order valence-corrected chi connectivity index (χ0v) is 15.2. The maximum absolute atomic E-state index is 8.36. The molecular weight excluding hydrogens is 312 g/mol. The third-order valence-electron chi connectivity index (χ3n) is 4.42. The number of nitrogens with zero attached hydrogens (tertiary/aromatic N) is 4. The van der Waals surface area contributed by atoms with E-state index in [9.17, 15) is 0 Å². The molecule has 0 aromatic carbocycles. The summed E-state index contributed by atoms with van der Waals surface area (Å²) < 4.78 is 23.3. The van der Waals surface area contributed by atoms with E-state index < -0.39 is 11.6 Å². The Morgan fingerprint density at radius 2 is 1.38 bits per heavy atom. The molecule has 0 unspecified atom stereocenters. The Kier molecular flexibility index (Phi) is 6.86. The van der Waals surface area contributed by atoms with Crippen molar-refractivity contribution in [2.24, 2.45) is 5.11 Å². The minimum absolute atomic E-state index is 0.177. The molecule has 0 aromatic heterocycles. The van der Waals surface area contributed by atoms with Gasteiger partial charge in [-0.1, -0.05) is 5.11 Å². The molecule has 0 saturated carbocycles. The van der Waals surface area contributed by atoms with Crippen molar-refractivity contribution in [2.45, 2.75) is 64.2 Å². The fourth-order valence-corrected chi connectivity index (χ4v) is 2.93. The number of unbranched alkanes of at least 4 members (excludes halogenated alkanes) is 1. The van der Waals surface area contributed by atoms with Gasteiger partial charge in [0.25, 0.3) is 0 Å². The van der Waals surface area contributed by atoms with E-state index in [1.807, 2.05) is 27.7 Å². The SMILES string of the molecule is CC1(C)OCC(N(CCCCN=[N+]=[N-])C2COC(C)(C)OC2)CO1. The van der Waals surface area contributed by atoms with Crippen LogP contribution in [0.15, 0.2) is 5.11 Å². The molecule has 2 saturated heterocycles. The van der Waals surface area contributed by atoms with Crippen molar-refractivity contribution in [2.75, 3.05) is 39.5 Å². The molecule has 138 valence electrons. The molecule has 2 aliphatic rings. The van der Waals surface area contributed by atoms with Crippen LogP contribution in [0.3, 0.4) is 0 Å². The van der Waals surface area contributed by atoms with Crippen LogP contribution in [0.5, 0.6) is 0 Å². The Morgan fingerprint density at radius 3 is 1.79 bits per heavy atom. The summed E-state index contributed by atoms with van der Waals surface area (Å²) >= 11 is 0. The number of ether oxygens (including phenoxy) is 4. The summed E-state index contributed by atoms with van der Waals surface area (Å²) in [6.45, 7) is 11.6. The highest BCUT2D eigenvalue weighted by Gasteiger charge is 2.37. The molecule has 0 amide bonds. The van der Waals surface area contributed by atoms with Gasteiger partial charge in [-0.25, -0.2) is 0 Å². The van der Waals surface area contributed by atoms with Gasteiger partial charge in [0.1, 0.15) is 0 Å². The zero-order chi connectivity index (χ0) is 17.6. The van der Waals surface area contributed by atoms with E-state index in [4.69, 9.17) is 24.5 Å². The molecule has 0 radical (unpaired) electrons. The summed E-state index contributed by atoms with van der Waals surface area (Å²) in [4.78, 5) is 5.16. The summed E-state index contributed by atoms with van der Waals surface area (Å²) in [7, 11) is 0. The second-order valence-corrected chi connectivity index (χ2v) is 7.25. The third kappa shape index (κ3) is 5.88. The fraction of sp³-hybridized carbons (Fsp3) is 1.00. The second kappa shape index (κ2) is 8.47. The van der Waals surface area contributed by atoms with Gasteiger partial charge in [-0.05, 0) is 52.6 Å². The van der Waals surface area contributed by atoms with E-state index in [0.717, 1.165) is 19.4 Å². The molecule has 8 nitrogen and oxygen atoms in total. The van der Waals surface area contributed by atoms with Gasteiger partial charge in [0.15, 0.2) is 11.6 Å². The minimum atomic E-state index is -0.523. The molecule has 2 heterocycles. The van der Waals surface area contributed by atoms with E-state index in [1.165, 1.54) is 0 Å². The van der Waals surface area contributed by atoms with E-state index >= 15 is 0 Å². The van der Waals surface area contributed by atoms with Gasteiger partial charge < -0.3 is 18.9 Å². The molecule has 8 heteroatoms. The topological polar surface area (TPSA) is 88.9 Å². The summed E-state index contributed by atoms with van der Waals surface area (Å²) in [6, 6.07) is 0.354. The molecule has 0 aliphatic carbocycles. The van der Waals surface area contributed by atoms with Crippen molar-refractivity contribution >= 4 is 0 Å². The van der Waals surface area contributed by atoms with Gasteiger partial charge in [-0.15, -0.1) is 0 Å². The van der Waals surface area contributed by atoms with Crippen molar-refractivity contribution in [3.63, 3.8) is 0 Å². The van der Waals surface area contributed by atoms with Crippen LogP contribution in [0.1, 0.15) is 40.5 Å². The van der Waals surface area contributed by atoms with Crippen LogP contribution in [0.2, 0.25) is 0 Å². The summed E-state index contributed by atoms with van der Waals surface area (Å²) in [5, 5.41) is 3.60. The molecule has 0 aromatic rings. The van der Waals surface area contributed by atoms with Crippen molar-refractivity contribution < 1.29 is 18.9 Å². The summed E-state index contributed by atoms with van der Waals surface area (Å²) in [5.41, 5.74) is 8.36. The first-order chi connectivity index (χ1) is 11.3. The largest absolute Gasteiger partial charge is 0.349 e. The Balaban J connectivity index is 1.92. The van der Waals surface area contributed by atoms with Crippen LogP contribution in [-0.2, 0) is 18.9 Å². The molecule has 2 fully saturated rings. The van der Waals surface area contributed by atoms with Crippen LogP contribution in [0.25, 0.3) is 10.4 Å². The molecule has 2 aliphatic heterocycles. The number of rotatable bonds is 7. The zero-order valence-electron chi connectivity index (χ0n) is 15.2. The second-order valence-electron chi connectivity index (χ2n) is 7.25. The molecular formula is C16H30N4O4. The quantitative estimate of drug-likeness (QED) is 0.307. The highest BCUT2D eigenvalue weighted by Crippen LogP contribution is 2.25. The van der Waals surface area contributed by atoms with Gasteiger partial charge in [0.2, 0.25) is 0 Å². The predicted octanol–water partition coefficient (Wildman–Crippen LogP) is 2.68. The van der Waals surface area contributed by atoms with Gasteiger partial charge >= 0.3 is 0 Å². The molecule has 2 rings (SSSR count). The maximum Gasteiger partial charge on any atom is 0.162 e. The normalized spacial score (nSPS) is 24.7. The average molecular weight is 342 g/mol. The monoisotopic (exact) mass is 342 g/mol. The first kappa shape index (κ1) is 19.4. The van der Waals surface area contributed by atoms with Gasteiger partial charge in [0, 0.05) is 11.5 Å². The molecule has 0 bridgehead atoms. The molecule has 0 spiro atoms. The van der Waals surface area contributed by atoms with Crippen LogP contribution < -0.4 is 0 Å². The van der Waals surface area contributed by atoms with E-state index in [0.29, 0.717) is 33.0 Å². The molecule has 0 atom stereocenters. The van der Waals surface area contributed by atoms with E-state index in [2.05, 4.69) is 14.9 Å². The lowest BCUT2D eigenvalue weighted by atomic mass is 10.1. The van der Waals surface area contributed by atoms with Crippen LogP contribution in [0.4, 0.5) is 0 Å². The molecule has 0 N–H and O–H groups in total. The Labute approximate surface area is 144 Å². The first-order valence-corrected chi connectivity index (χ1v) is 8.65. The smallest absolute Gasteiger partial charge is 0.162 e. The van der Waals surface area contributed by atoms with Crippen molar-refractivity contribution in [3.05, 3.63) is 10.4 Å². The van der Waals surface area contributed by atoms with Crippen LogP contribution >= 0.6 is 0 Å². The Morgan fingerprint density at radius 1 is 0.917 bits per heavy atom. The minimum Gasteiger partial charge on any atom is -0.349 e. The average Bonchev–Trinajstić information content (AvgIpc) is 2.52. The van der Waals surface area contributed by atoms with E-state index in [-0.39, 0.29) is 12.1 Å². The fourth-order valence-electron chi connectivity index (χ4n) is 2.93. The van der Waals surface area contributed by atoms with Crippen molar-refractivity contribution in [1.82, 2.24) is 4.90 Å². The predicted molar refractivity (Wildman–Crippen MR) is 89.5 cm³/mol. The third-order valence-corrected chi connectivity index (χ3v) is 4.42. The first-order valence-electron chi connectivity index (χ1n) is 8.65. The summed E-state index contributed by atoms with van der Waals surface area (Å²) in [6.07, 6.45) is 1.80. The number of hydrogen-bond donors (Lipinski definition) is 0. The summed E-state index contributed by atoms with van der Waals surface area (Å²) in [5.74, 6) is -1.05. The number of hydrogen-bond acceptors (Lipinski definition) is 6. The van der Waals surface area contributed by atoms with Gasteiger partial charge in [-0.3, -0.25) is 4.90 Å². The van der Waals surface area contributed by atoms with Crippen molar-refractivity contribution in [3.8, 4) is 0 Å². The highest BCUT2D eigenvalue weighted by molar-refractivity contribution is 4.84. The van der Waals surface area contributed by atoms with Gasteiger partial charge in [0.05, 0.1) is 38.5 Å². The van der Waals surface area contributed by atoms with Crippen LogP contribution in [-0.4, -0.2) is 68.1 Å². The Hall–Kier alpha value is -0.890. The lowest BCUT2D eigenvalue weighted by molar-refractivity contribution is -0.288. The lowest BCUT2D eigenvalue weighted by Crippen LogP contribution is -2.58. The van der Waals surface area contributed by atoms with Gasteiger partial charge in [-0.2, -0.15) is 0 Å². The van der Waals surface area contributed by atoms with Crippen LogP contribution in [0, 0.1) is 0 Å². The standard InChI is InChI=1S/C16H30N4O4/c1-15(2)21-9-13(10-22-15)20(8-6-5-7-18-19-17)14-11-23-16(3,4)24-12-14/h13-14H,5-12H2,1-4H3.